The first-order valence-electron chi connectivity index (χ1n) is 5.79. The van der Waals surface area contributed by atoms with Crippen molar-refractivity contribution in [3.05, 3.63) is 41.0 Å². The average Bonchev–Trinajstić information content (AvgIpc) is 2.59. The molecule has 0 saturated carbocycles. The van der Waals surface area contributed by atoms with Crippen LogP contribution >= 0.6 is 0 Å². The van der Waals surface area contributed by atoms with E-state index in [4.69, 9.17) is 5.11 Å². The summed E-state index contributed by atoms with van der Waals surface area (Å²) in [6.45, 7) is 3.82. The van der Waals surface area contributed by atoms with Crippen LogP contribution < -0.4 is 4.90 Å². The highest BCUT2D eigenvalue weighted by Crippen LogP contribution is 2.33. The molecule has 1 aliphatic rings. The minimum absolute atomic E-state index is 0.0775. The van der Waals surface area contributed by atoms with E-state index in [0.29, 0.717) is 11.3 Å². The number of carboxylic acid groups (broad SMARTS) is 1. The zero-order valence-electron chi connectivity index (χ0n) is 10.6. The molecule has 19 heavy (non-hydrogen) atoms. The van der Waals surface area contributed by atoms with Gasteiger partial charge < -0.3 is 10.0 Å². The van der Waals surface area contributed by atoms with Crippen LogP contribution in [0, 0.1) is 13.8 Å². The van der Waals surface area contributed by atoms with Crippen LogP contribution in [0.15, 0.2) is 24.3 Å². The Balaban J connectivity index is 2.43. The Morgan fingerprint density at radius 2 is 2.00 bits per heavy atom. The second kappa shape index (κ2) is 4.68. The first-order valence-corrected chi connectivity index (χ1v) is 5.79. The summed E-state index contributed by atoms with van der Waals surface area (Å²) in [7, 11) is 0. The van der Waals surface area contributed by atoms with Gasteiger partial charge in [0, 0.05) is 12.6 Å². The van der Waals surface area contributed by atoms with E-state index in [1.165, 1.54) is 11.0 Å². The third-order valence-electron chi connectivity index (χ3n) is 3.20. The van der Waals surface area contributed by atoms with Crippen molar-refractivity contribution in [1.29, 1.82) is 0 Å². The monoisotopic (exact) mass is 259 g/mol. The summed E-state index contributed by atoms with van der Waals surface area (Å²) in [5.74, 6) is -2.24. The molecule has 0 radical (unpaired) electrons. The average molecular weight is 259 g/mol. The zero-order chi connectivity index (χ0) is 14.2. The number of rotatable bonds is 3. The van der Waals surface area contributed by atoms with Gasteiger partial charge in [0.1, 0.15) is 0 Å². The predicted octanol–water partition coefficient (Wildman–Crippen LogP) is 1.47. The van der Waals surface area contributed by atoms with E-state index in [9.17, 15) is 14.4 Å². The van der Waals surface area contributed by atoms with Gasteiger partial charge >= 0.3 is 5.97 Å². The number of nitrogens with zero attached hydrogens (tertiary/aromatic N) is 1. The molecule has 0 aromatic heterocycles. The Hall–Kier alpha value is -2.43. The van der Waals surface area contributed by atoms with Crippen LogP contribution in [0.2, 0.25) is 0 Å². The topological polar surface area (TPSA) is 74.7 Å². The lowest BCUT2D eigenvalue weighted by molar-refractivity contribution is -0.131. The molecule has 0 saturated heterocycles. The molecule has 0 spiro atoms. The van der Waals surface area contributed by atoms with E-state index in [1.54, 1.807) is 12.1 Å². The Bertz CT molecular complexity index is 616. The maximum atomic E-state index is 11.9. The SMILES string of the molecule is Cc1ccc2c(c1C)N(C/C=C/C(=O)O)C(=O)C2=O. The summed E-state index contributed by atoms with van der Waals surface area (Å²) in [4.78, 5) is 35.5. The van der Waals surface area contributed by atoms with Crippen molar-refractivity contribution in [1.82, 2.24) is 0 Å². The third kappa shape index (κ3) is 2.14. The molecule has 0 bridgehead atoms. The van der Waals surface area contributed by atoms with Gasteiger partial charge in [-0.3, -0.25) is 9.59 Å². The maximum Gasteiger partial charge on any atom is 0.328 e. The fourth-order valence-corrected chi connectivity index (χ4v) is 2.10. The predicted molar refractivity (Wildman–Crippen MR) is 69.4 cm³/mol. The number of anilines is 1. The molecule has 1 aromatic rings. The highest BCUT2D eigenvalue weighted by molar-refractivity contribution is 6.52. The van der Waals surface area contributed by atoms with Gasteiger partial charge in [0.25, 0.3) is 11.7 Å². The second-order valence-electron chi connectivity index (χ2n) is 4.39. The number of aliphatic carboxylic acids is 1. The quantitative estimate of drug-likeness (QED) is 0.659. The molecule has 2 rings (SSSR count). The van der Waals surface area contributed by atoms with Gasteiger partial charge in [-0.25, -0.2) is 4.79 Å². The lowest BCUT2D eigenvalue weighted by atomic mass is 10.0. The van der Waals surface area contributed by atoms with Crippen molar-refractivity contribution >= 4 is 23.3 Å². The van der Waals surface area contributed by atoms with Gasteiger partial charge in [0.15, 0.2) is 0 Å². The number of carboxylic acids is 1. The molecule has 98 valence electrons. The molecule has 5 heteroatoms. The molecule has 0 fully saturated rings. The van der Waals surface area contributed by atoms with Crippen LogP contribution in [0.5, 0.6) is 0 Å². The van der Waals surface area contributed by atoms with Crippen molar-refractivity contribution < 1.29 is 19.5 Å². The number of fused-ring (bicyclic) bond motifs is 1. The Kier molecular flexibility index (Phi) is 3.21. The fourth-order valence-electron chi connectivity index (χ4n) is 2.10. The molecule has 1 heterocycles. The highest BCUT2D eigenvalue weighted by atomic mass is 16.4. The summed E-state index contributed by atoms with van der Waals surface area (Å²) in [5.41, 5.74) is 2.82. The first-order chi connectivity index (χ1) is 8.93. The van der Waals surface area contributed by atoms with E-state index in [0.717, 1.165) is 17.2 Å². The molecule has 0 aliphatic carbocycles. The molecule has 1 aliphatic heterocycles. The fraction of sp³-hybridized carbons (Fsp3) is 0.214. The molecule has 0 atom stereocenters. The number of carbonyl (C=O) groups is 3. The van der Waals surface area contributed by atoms with Crippen molar-refractivity contribution in [2.24, 2.45) is 0 Å². The smallest absolute Gasteiger partial charge is 0.328 e. The summed E-state index contributed by atoms with van der Waals surface area (Å²) < 4.78 is 0. The largest absolute Gasteiger partial charge is 0.478 e. The number of carbonyl (C=O) groups excluding carboxylic acids is 2. The standard InChI is InChI=1S/C14H13NO4/c1-8-5-6-10-12(9(8)2)15(14(19)13(10)18)7-3-4-11(16)17/h3-6H,7H2,1-2H3,(H,16,17)/b4-3+. The summed E-state index contributed by atoms with van der Waals surface area (Å²) in [5, 5.41) is 8.54. The number of ketones is 1. The van der Waals surface area contributed by atoms with Gasteiger partial charge in [-0.05, 0) is 31.0 Å². The van der Waals surface area contributed by atoms with E-state index < -0.39 is 17.7 Å². The van der Waals surface area contributed by atoms with Crippen LogP contribution in [-0.4, -0.2) is 29.3 Å². The summed E-state index contributed by atoms with van der Waals surface area (Å²) in [6, 6.07) is 3.44. The van der Waals surface area contributed by atoms with Crippen molar-refractivity contribution in [2.45, 2.75) is 13.8 Å². The van der Waals surface area contributed by atoms with Crippen molar-refractivity contribution in [3.63, 3.8) is 0 Å². The number of benzene rings is 1. The van der Waals surface area contributed by atoms with Gasteiger partial charge in [-0.15, -0.1) is 0 Å². The minimum Gasteiger partial charge on any atom is -0.478 e. The Labute approximate surface area is 110 Å². The van der Waals surface area contributed by atoms with E-state index in [1.807, 2.05) is 13.8 Å². The van der Waals surface area contributed by atoms with E-state index in [2.05, 4.69) is 0 Å². The first kappa shape index (κ1) is 13.0. The van der Waals surface area contributed by atoms with Crippen LogP contribution in [-0.2, 0) is 9.59 Å². The summed E-state index contributed by atoms with van der Waals surface area (Å²) in [6.07, 6.45) is 2.31. The molecule has 1 amide bonds. The Morgan fingerprint density at radius 3 is 2.63 bits per heavy atom. The van der Waals surface area contributed by atoms with Crippen molar-refractivity contribution in [2.75, 3.05) is 11.4 Å². The van der Waals surface area contributed by atoms with Crippen LogP contribution in [0.3, 0.4) is 0 Å². The number of hydrogen-bond donors (Lipinski definition) is 1. The van der Waals surface area contributed by atoms with Crippen LogP contribution in [0.4, 0.5) is 5.69 Å². The van der Waals surface area contributed by atoms with Gasteiger partial charge in [0.2, 0.25) is 0 Å². The highest BCUT2D eigenvalue weighted by Gasteiger charge is 2.36. The molecular weight excluding hydrogens is 246 g/mol. The van der Waals surface area contributed by atoms with Gasteiger partial charge in [-0.2, -0.15) is 0 Å². The maximum absolute atomic E-state index is 11.9. The molecule has 1 N–H and O–H groups in total. The van der Waals surface area contributed by atoms with Crippen molar-refractivity contribution in [3.8, 4) is 0 Å². The van der Waals surface area contributed by atoms with Crippen LogP contribution in [0.25, 0.3) is 0 Å². The molecule has 0 unspecified atom stereocenters. The van der Waals surface area contributed by atoms with Gasteiger partial charge in [0.05, 0.1) is 11.3 Å². The molecular formula is C14H13NO4. The normalized spacial score (nSPS) is 14.3. The molecule has 1 aromatic carbocycles. The van der Waals surface area contributed by atoms with Gasteiger partial charge in [-0.1, -0.05) is 12.1 Å². The lowest BCUT2D eigenvalue weighted by Gasteiger charge is -2.17. The van der Waals surface area contributed by atoms with Crippen LogP contribution in [0.1, 0.15) is 21.5 Å². The summed E-state index contributed by atoms with van der Waals surface area (Å²) >= 11 is 0. The lowest BCUT2D eigenvalue weighted by Crippen LogP contribution is -2.30. The number of hydrogen-bond acceptors (Lipinski definition) is 3. The third-order valence-corrected chi connectivity index (χ3v) is 3.20. The number of amides is 1. The second-order valence-corrected chi connectivity index (χ2v) is 4.39. The molecule has 5 nitrogen and oxygen atoms in total. The number of Topliss-reactive ketones (excluding diaryl/α,β-unsaturated/α-hetero) is 1. The van der Waals surface area contributed by atoms with E-state index >= 15 is 0 Å². The zero-order valence-corrected chi connectivity index (χ0v) is 10.6. The van der Waals surface area contributed by atoms with E-state index in [-0.39, 0.29) is 6.54 Å². The Morgan fingerprint density at radius 1 is 1.32 bits per heavy atom. The number of aryl methyl sites for hydroxylation is 1. The minimum atomic E-state index is -1.08.